The number of alkyl halides is 3. The third-order valence-corrected chi connectivity index (χ3v) is 3.96. The monoisotopic (exact) mass is 403 g/mol. The minimum atomic E-state index is -4.63. The van der Waals surface area contributed by atoms with Gasteiger partial charge < -0.3 is 14.8 Å². The van der Waals surface area contributed by atoms with Gasteiger partial charge in [0.1, 0.15) is 11.3 Å². The number of methoxy groups -OCH3 is 1. The number of hydrogen-bond acceptors (Lipinski definition) is 6. The Morgan fingerprint density at radius 1 is 1.03 bits per heavy atom. The molecule has 0 unspecified atom stereocenters. The number of aromatic nitrogens is 2. The molecule has 0 spiro atoms. The summed E-state index contributed by atoms with van der Waals surface area (Å²) in [6, 6.07) is 9.75. The highest BCUT2D eigenvalue weighted by atomic mass is 19.4. The molecule has 0 aliphatic rings. The average Bonchev–Trinajstić information content (AvgIpc) is 2.69. The molecule has 0 atom stereocenters. The summed E-state index contributed by atoms with van der Waals surface area (Å²) in [6.45, 7) is 1.79. The highest BCUT2D eigenvalue weighted by Crippen LogP contribution is 2.37. The van der Waals surface area contributed by atoms with Gasteiger partial charge in [-0.15, -0.1) is 0 Å². The van der Waals surface area contributed by atoms with Crippen LogP contribution in [0.1, 0.15) is 21.6 Å². The number of benzene rings is 1. The van der Waals surface area contributed by atoms with Gasteiger partial charge in [0.15, 0.2) is 0 Å². The number of halogens is 3. The minimum absolute atomic E-state index is 0.00283. The van der Waals surface area contributed by atoms with E-state index in [1.807, 2.05) is 0 Å². The molecule has 3 aromatic rings. The first-order valence-electron chi connectivity index (χ1n) is 8.40. The lowest BCUT2D eigenvalue weighted by Crippen LogP contribution is -2.09. The summed E-state index contributed by atoms with van der Waals surface area (Å²) < 4.78 is 49.5. The number of pyridine rings is 2. The summed E-state index contributed by atoms with van der Waals surface area (Å²) in [6.07, 6.45) is -1.81. The van der Waals surface area contributed by atoms with Gasteiger partial charge >= 0.3 is 12.1 Å². The number of nitrogens with one attached hydrogen (secondary N) is 1. The second-order valence-corrected chi connectivity index (χ2v) is 5.92. The van der Waals surface area contributed by atoms with Gasteiger partial charge in [-0.1, -0.05) is 0 Å². The molecule has 0 saturated heterocycles. The van der Waals surface area contributed by atoms with Gasteiger partial charge in [0.05, 0.1) is 29.7 Å². The lowest BCUT2D eigenvalue weighted by Gasteiger charge is -2.15. The van der Waals surface area contributed by atoms with E-state index in [1.54, 1.807) is 25.3 Å². The van der Waals surface area contributed by atoms with Crippen molar-refractivity contribution in [3.05, 3.63) is 71.7 Å². The quantitative estimate of drug-likeness (QED) is 0.596. The average molecular weight is 403 g/mol. The molecular weight excluding hydrogens is 387 g/mol. The highest BCUT2D eigenvalue weighted by molar-refractivity contribution is 5.97. The number of carbonyl (C=O) groups is 1. The van der Waals surface area contributed by atoms with Crippen molar-refractivity contribution in [3.8, 4) is 11.6 Å². The van der Waals surface area contributed by atoms with Gasteiger partial charge in [-0.05, 0) is 49.4 Å². The van der Waals surface area contributed by atoms with Gasteiger partial charge in [-0.25, -0.2) is 9.78 Å². The van der Waals surface area contributed by atoms with Crippen LogP contribution in [0, 0.1) is 6.92 Å². The minimum Gasteiger partial charge on any atom is -0.465 e. The molecule has 1 N–H and O–H groups in total. The van der Waals surface area contributed by atoms with Crippen LogP contribution in [0.25, 0.3) is 0 Å². The van der Waals surface area contributed by atoms with Crippen molar-refractivity contribution in [1.82, 2.24) is 9.97 Å². The molecule has 0 fully saturated rings. The largest absolute Gasteiger partial charge is 0.465 e. The predicted octanol–water partition coefficient (Wildman–Crippen LogP) is 5.13. The molecule has 6 nitrogen and oxygen atoms in total. The molecule has 3 rings (SSSR count). The molecule has 0 radical (unpaired) electrons. The Kier molecular flexibility index (Phi) is 5.67. The summed E-state index contributed by atoms with van der Waals surface area (Å²) in [5.74, 6) is -1.29. The van der Waals surface area contributed by atoms with E-state index in [2.05, 4.69) is 15.3 Å². The standard InChI is InChI=1S/C20H16F3N3O3/c1-12-16(6-4-9-24-12)26-17-8-7-13(11-14(17)19(27)28-2)29-18-15(20(21,22)23)5-3-10-25-18/h3-11,26H,1-2H3. The maximum atomic E-state index is 13.1. The van der Waals surface area contributed by atoms with Crippen molar-refractivity contribution in [3.63, 3.8) is 0 Å². The SMILES string of the molecule is COC(=O)c1cc(Oc2ncccc2C(F)(F)F)ccc1Nc1cccnc1C. The van der Waals surface area contributed by atoms with E-state index >= 15 is 0 Å². The zero-order valence-electron chi connectivity index (χ0n) is 15.4. The fraction of sp³-hybridized carbons (Fsp3) is 0.150. The van der Waals surface area contributed by atoms with Crippen LogP contribution in [0.3, 0.4) is 0 Å². The lowest BCUT2D eigenvalue weighted by atomic mass is 10.1. The number of anilines is 2. The van der Waals surface area contributed by atoms with E-state index in [4.69, 9.17) is 9.47 Å². The van der Waals surface area contributed by atoms with Gasteiger partial charge in [-0.3, -0.25) is 4.98 Å². The Morgan fingerprint density at radius 2 is 1.76 bits per heavy atom. The van der Waals surface area contributed by atoms with Gasteiger partial charge in [0.2, 0.25) is 5.88 Å². The number of carbonyl (C=O) groups excluding carboxylic acids is 1. The number of ether oxygens (including phenoxy) is 2. The van der Waals surface area contributed by atoms with E-state index in [9.17, 15) is 18.0 Å². The van der Waals surface area contributed by atoms with Crippen LogP contribution in [0.5, 0.6) is 11.6 Å². The fourth-order valence-corrected chi connectivity index (χ4v) is 2.54. The van der Waals surface area contributed by atoms with Crippen LogP contribution in [0.15, 0.2) is 54.9 Å². The number of rotatable bonds is 5. The van der Waals surface area contributed by atoms with Crippen molar-refractivity contribution in [2.45, 2.75) is 13.1 Å². The van der Waals surface area contributed by atoms with Crippen LogP contribution in [-0.2, 0) is 10.9 Å². The third kappa shape index (κ3) is 4.63. The predicted molar refractivity (Wildman–Crippen MR) is 99.4 cm³/mol. The maximum absolute atomic E-state index is 13.1. The molecule has 29 heavy (non-hydrogen) atoms. The topological polar surface area (TPSA) is 73.3 Å². The summed E-state index contributed by atoms with van der Waals surface area (Å²) in [5.41, 5.74) is 0.810. The number of aryl methyl sites for hydroxylation is 1. The summed E-state index contributed by atoms with van der Waals surface area (Å²) >= 11 is 0. The Morgan fingerprint density at radius 3 is 2.45 bits per heavy atom. The fourth-order valence-electron chi connectivity index (χ4n) is 2.54. The van der Waals surface area contributed by atoms with Crippen molar-refractivity contribution >= 4 is 17.3 Å². The molecular formula is C20H16F3N3O3. The highest BCUT2D eigenvalue weighted by Gasteiger charge is 2.35. The van der Waals surface area contributed by atoms with E-state index < -0.39 is 23.6 Å². The molecule has 9 heteroatoms. The van der Waals surface area contributed by atoms with Crippen LogP contribution < -0.4 is 10.1 Å². The van der Waals surface area contributed by atoms with E-state index in [0.29, 0.717) is 17.1 Å². The maximum Gasteiger partial charge on any atom is 0.421 e. The van der Waals surface area contributed by atoms with Crippen LogP contribution in [-0.4, -0.2) is 23.0 Å². The van der Waals surface area contributed by atoms with Crippen LogP contribution >= 0.6 is 0 Å². The summed E-state index contributed by atoms with van der Waals surface area (Å²) in [7, 11) is 1.20. The Bertz CT molecular complexity index is 1040. The van der Waals surface area contributed by atoms with Crippen molar-refractivity contribution < 1.29 is 27.4 Å². The van der Waals surface area contributed by atoms with Crippen LogP contribution in [0.2, 0.25) is 0 Å². The molecule has 0 bridgehead atoms. The lowest BCUT2D eigenvalue weighted by molar-refractivity contribution is -0.138. The third-order valence-electron chi connectivity index (χ3n) is 3.96. The summed E-state index contributed by atoms with van der Waals surface area (Å²) in [5, 5.41) is 3.07. The van der Waals surface area contributed by atoms with Gasteiger partial charge in [0, 0.05) is 12.4 Å². The second-order valence-electron chi connectivity index (χ2n) is 5.92. The zero-order chi connectivity index (χ0) is 21.0. The van der Waals surface area contributed by atoms with E-state index in [0.717, 1.165) is 6.07 Å². The van der Waals surface area contributed by atoms with Gasteiger partial charge in [-0.2, -0.15) is 13.2 Å². The molecule has 150 valence electrons. The Balaban J connectivity index is 1.97. The van der Waals surface area contributed by atoms with Crippen molar-refractivity contribution in [2.75, 3.05) is 12.4 Å². The first kappa shape index (κ1) is 20.1. The Hall–Kier alpha value is -3.62. The first-order valence-corrected chi connectivity index (χ1v) is 8.40. The molecule has 0 aliphatic carbocycles. The van der Waals surface area contributed by atoms with Crippen molar-refractivity contribution in [1.29, 1.82) is 0 Å². The normalized spacial score (nSPS) is 11.1. The van der Waals surface area contributed by atoms with E-state index in [-0.39, 0.29) is 11.3 Å². The summed E-state index contributed by atoms with van der Waals surface area (Å²) in [4.78, 5) is 20.0. The van der Waals surface area contributed by atoms with Crippen LogP contribution in [0.4, 0.5) is 24.5 Å². The Labute approximate surface area is 164 Å². The number of nitrogens with zero attached hydrogens (tertiary/aromatic N) is 2. The zero-order valence-corrected chi connectivity index (χ0v) is 15.4. The molecule has 0 amide bonds. The molecule has 1 aromatic carbocycles. The number of esters is 1. The molecule has 2 heterocycles. The number of hydrogen-bond donors (Lipinski definition) is 1. The molecule has 0 saturated carbocycles. The first-order chi connectivity index (χ1) is 13.8. The van der Waals surface area contributed by atoms with E-state index in [1.165, 1.54) is 37.6 Å². The molecule has 0 aliphatic heterocycles. The van der Waals surface area contributed by atoms with Crippen molar-refractivity contribution in [2.24, 2.45) is 0 Å². The second kappa shape index (κ2) is 8.17. The van der Waals surface area contributed by atoms with Gasteiger partial charge in [0.25, 0.3) is 0 Å². The smallest absolute Gasteiger partial charge is 0.421 e. The molecule has 2 aromatic heterocycles.